The molecule has 2 heterocycles. The lowest BCUT2D eigenvalue weighted by Crippen LogP contribution is -2.58. The summed E-state index contributed by atoms with van der Waals surface area (Å²) in [6, 6.07) is 13.8. The van der Waals surface area contributed by atoms with Crippen molar-refractivity contribution in [2.24, 2.45) is 0 Å². The van der Waals surface area contributed by atoms with Crippen LogP contribution in [0.5, 0.6) is 0 Å². The Hall–Kier alpha value is -3.98. The van der Waals surface area contributed by atoms with Crippen LogP contribution in [0, 0.1) is 17.5 Å². The van der Waals surface area contributed by atoms with Crippen molar-refractivity contribution < 1.29 is 40.7 Å². The van der Waals surface area contributed by atoms with Crippen LogP contribution in [-0.2, 0) is 36.1 Å². The summed E-state index contributed by atoms with van der Waals surface area (Å²) in [6.45, 7) is 3.12. The monoisotopic (exact) mass is 702 g/mol. The van der Waals surface area contributed by atoms with Gasteiger partial charge in [-0.3, -0.25) is 4.79 Å². The Kier molecular flexibility index (Phi) is 11.6. The van der Waals surface area contributed by atoms with E-state index in [1.165, 1.54) is 28.6 Å². The Bertz CT molecular complexity index is 1740. The maximum absolute atomic E-state index is 15.4. The molecule has 5 rings (SSSR count). The van der Waals surface area contributed by atoms with Gasteiger partial charge in [-0.1, -0.05) is 30.3 Å². The van der Waals surface area contributed by atoms with E-state index >= 15 is 4.39 Å². The quantitative estimate of drug-likeness (QED) is 0.260. The molecule has 0 spiro atoms. The van der Waals surface area contributed by atoms with Crippen LogP contribution in [-0.4, -0.2) is 76.3 Å². The largest absolute Gasteiger partial charge is 0.453 e. The smallest absolute Gasteiger partial charge is 0.407 e. The Morgan fingerprint density at radius 2 is 1.73 bits per heavy atom. The minimum absolute atomic E-state index is 0.165. The van der Waals surface area contributed by atoms with E-state index in [0.29, 0.717) is 25.9 Å². The fourth-order valence-corrected chi connectivity index (χ4v) is 8.81. The molecule has 2 amide bonds. The number of sulfonamides is 1. The highest BCUT2D eigenvalue weighted by Crippen LogP contribution is 2.40. The van der Waals surface area contributed by atoms with Crippen molar-refractivity contribution in [3.8, 4) is 0 Å². The van der Waals surface area contributed by atoms with E-state index in [1.54, 1.807) is 30.3 Å². The lowest BCUT2D eigenvalue weighted by atomic mass is 9.68. The van der Waals surface area contributed by atoms with Crippen LogP contribution in [0.4, 0.5) is 23.7 Å². The van der Waals surface area contributed by atoms with E-state index in [0.717, 1.165) is 19.2 Å². The molecule has 264 valence electrons. The summed E-state index contributed by atoms with van der Waals surface area (Å²) in [4.78, 5) is 26.9. The first kappa shape index (κ1) is 36.3. The Balaban J connectivity index is 1.38. The Morgan fingerprint density at radius 3 is 2.43 bits per heavy atom. The first-order valence-corrected chi connectivity index (χ1v) is 17.7. The predicted molar refractivity (Wildman–Crippen MR) is 177 cm³/mol. The summed E-state index contributed by atoms with van der Waals surface area (Å²) in [5.41, 5.74) is -0.554. The highest BCUT2D eigenvalue weighted by Gasteiger charge is 2.47. The number of ether oxygens (including phenoxy) is 2. The van der Waals surface area contributed by atoms with Crippen molar-refractivity contribution in [3.05, 3.63) is 95.3 Å². The molecule has 2 fully saturated rings. The van der Waals surface area contributed by atoms with E-state index in [-0.39, 0.29) is 60.2 Å². The maximum Gasteiger partial charge on any atom is 0.407 e. The minimum atomic E-state index is -3.79. The number of alkyl carbamates (subject to hydrolysis) is 1. The summed E-state index contributed by atoms with van der Waals surface area (Å²) in [6.07, 6.45) is 0.432. The van der Waals surface area contributed by atoms with Gasteiger partial charge in [-0.15, -0.1) is 0 Å². The molecule has 2 saturated heterocycles. The first-order chi connectivity index (χ1) is 23.5. The minimum Gasteiger partial charge on any atom is -0.453 e. The van der Waals surface area contributed by atoms with Crippen LogP contribution < -0.4 is 16.0 Å². The first-order valence-electron chi connectivity index (χ1n) is 16.2. The highest BCUT2D eigenvalue weighted by molar-refractivity contribution is 7.89. The number of amides is 2. The molecule has 0 aromatic heterocycles. The molecule has 0 aliphatic carbocycles. The fraction of sp³-hybridized carbons (Fsp3) is 0.429. The van der Waals surface area contributed by atoms with Gasteiger partial charge in [0.15, 0.2) is 11.6 Å². The van der Waals surface area contributed by atoms with Crippen LogP contribution in [0.1, 0.15) is 43.7 Å². The molecule has 3 atom stereocenters. The van der Waals surface area contributed by atoms with Gasteiger partial charge in [0.1, 0.15) is 11.9 Å². The zero-order valence-corrected chi connectivity index (χ0v) is 28.2. The van der Waals surface area contributed by atoms with Gasteiger partial charge < -0.3 is 25.4 Å². The predicted octanol–water partition coefficient (Wildman–Crippen LogP) is 4.89. The number of nitrogens with one attached hydrogen (secondary N) is 3. The summed E-state index contributed by atoms with van der Waals surface area (Å²) >= 11 is 0. The van der Waals surface area contributed by atoms with E-state index < -0.39 is 57.0 Å². The lowest BCUT2D eigenvalue weighted by Gasteiger charge is -2.43. The molecule has 3 aromatic carbocycles. The second-order valence-electron chi connectivity index (χ2n) is 12.4. The molecule has 0 saturated carbocycles. The van der Waals surface area contributed by atoms with Crippen LogP contribution in [0.15, 0.2) is 71.6 Å². The third-order valence-corrected chi connectivity index (χ3v) is 11.5. The van der Waals surface area contributed by atoms with Gasteiger partial charge in [0.2, 0.25) is 15.9 Å². The van der Waals surface area contributed by atoms with Crippen molar-refractivity contribution >= 4 is 27.7 Å². The Labute approximate surface area is 284 Å². The summed E-state index contributed by atoms with van der Waals surface area (Å²) in [5, 5.41) is 8.64. The van der Waals surface area contributed by atoms with Crippen molar-refractivity contribution in [2.75, 3.05) is 38.7 Å². The van der Waals surface area contributed by atoms with Gasteiger partial charge in [0, 0.05) is 55.1 Å². The van der Waals surface area contributed by atoms with E-state index in [1.807, 2.05) is 6.92 Å². The summed E-state index contributed by atoms with van der Waals surface area (Å²) in [7, 11) is -2.65. The van der Waals surface area contributed by atoms with E-state index in [4.69, 9.17) is 9.47 Å². The molecule has 0 bridgehead atoms. The van der Waals surface area contributed by atoms with E-state index in [2.05, 4.69) is 16.0 Å². The molecule has 2 aliphatic heterocycles. The molecule has 3 aromatic rings. The zero-order valence-electron chi connectivity index (χ0n) is 27.4. The number of hydrogen-bond acceptors (Lipinski definition) is 7. The van der Waals surface area contributed by atoms with Crippen LogP contribution in [0.3, 0.4) is 0 Å². The average Bonchev–Trinajstić information content (AvgIpc) is 3.10. The molecule has 49 heavy (non-hydrogen) atoms. The van der Waals surface area contributed by atoms with Gasteiger partial charge >= 0.3 is 6.09 Å². The van der Waals surface area contributed by atoms with Crippen molar-refractivity contribution in [1.82, 2.24) is 14.9 Å². The zero-order chi connectivity index (χ0) is 35.2. The SMILES string of the molecule is COC(=O)N[C@H](C(=O)Nc1cccc(F)c1CCC[C@H]1CNC[C@@H](C)N1S(=O)(=O)c1ccccc1)C1(c2ccc(F)c(F)c2)CCOCC1. The third-order valence-electron chi connectivity index (χ3n) is 9.42. The van der Waals surface area contributed by atoms with Crippen LogP contribution >= 0.6 is 0 Å². The lowest BCUT2D eigenvalue weighted by molar-refractivity contribution is -0.121. The number of halogens is 3. The van der Waals surface area contributed by atoms with Gasteiger partial charge in [-0.25, -0.2) is 26.4 Å². The number of carbonyl (C=O) groups is 2. The van der Waals surface area contributed by atoms with Crippen LogP contribution in [0.2, 0.25) is 0 Å². The molecular formula is C35H41F3N4O6S. The number of hydrogen-bond donors (Lipinski definition) is 3. The van der Waals surface area contributed by atoms with Gasteiger partial charge in [-0.05, 0) is 81.0 Å². The molecule has 14 heteroatoms. The second-order valence-corrected chi connectivity index (χ2v) is 14.3. The van der Waals surface area contributed by atoms with Gasteiger partial charge in [0.05, 0.1) is 12.0 Å². The summed E-state index contributed by atoms with van der Waals surface area (Å²) in [5.74, 6) is -3.45. The maximum atomic E-state index is 15.4. The molecular weight excluding hydrogens is 661 g/mol. The number of rotatable bonds is 11. The average molecular weight is 703 g/mol. The van der Waals surface area contributed by atoms with Crippen molar-refractivity contribution in [1.29, 1.82) is 0 Å². The molecule has 10 nitrogen and oxygen atoms in total. The number of anilines is 1. The highest BCUT2D eigenvalue weighted by atomic mass is 32.2. The van der Waals surface area contributed by atoms with Gasteiger partial charge in [-0.2, -0.15) is 4.31 Å². The third kappa shape index (κ3) is 7.93. The Morgan fingerprint density at radius 1 is 1.00 bits per heavy atom. The number of carbonyl (C=O) groups excluding carboxylic acids is 2. The number of methoxy groups -OCH3 is 1. The number of piperazine rings is 1. The summed E-state index contributed by atoms with van der Waals surface area (Å²) < 4.78 is 83.0. The molecule has 0 unspecified atom stereocenters. The normalized spacial score (nSPS) is 20.3. The van der Waals surface area contributed by atoms with Gasteiger partial charge in [0.25, 0.3) is 0 Å². The molecule has 3 N–H and O–H groups in total. The molecule has 0 radical (unpaired) electrons. The topological polar surface area (TPSA) is 126 Å². The van der Waals surface area contributed by atoms with Crippen LogP contribution in [0.25, 0.3) is 0 Å². The van der Waals surface area contributed by atoms with E-state index in [9.17, 15) is 26.8 Å². The van der Waals surface area contributed by atoms with Crippen molar-refractivity contribution in [3.63, 3.8) is 0 Å². The molecule has 2 aliphatic rings. The second kappa shape index (κ2) is 15.7. The standard InChI is InChI=1S/C35H41F3N4O6S/c1-23-21-39-22-25(42(23)49(45,46)26-9-4-3-5-10-26)8-6-11-27-28(36)12-7-13-31(27)40-33(43)32(41-34(44)47-2)35(16-18-48-19-17-35)24-14-15-29(37)30(38)20-24/h3-5,7,9-10,12-15,20,23,25,32,39H,6,8,11,16-19,21-22H2,1-2H3,(H,40,43)(H,41,44)/t23-,25+,32-/m1/s1. The number of benzene rings is 3. The van der Waals surface area contributed by atoms with Crippen molar-refractivity contribution in [2.45, 2.75) is 67.5 Å². The number of nitrogens with zero attached hydrogens (tertiary/aromatic N) is 1. The fourth-order valence-electron chi connectivity index (χ4n) is 6.94.